The minimum atomic E-state index is 0.0709. The van der Waals surface area contributed by atoms with Gasteiger partial charge in [0, 0.05) is 11.6 Å². The van der Waals surface area contributed by atoms with Crippen LogP contribution in [0.4, 0.5) is 0 Å². The van der Waals surface area contributed by atoms with Crippen molar-refractivity contribution < 1.29 is 9.84 Å². The van der Waals surface area contributed by atoms with Crippen LogP contribution in [0.25, 0.3) is 0 Å². The number of fused-ring (bicyclic) bond motifs is 5. The molecule has 1 aromatic carbocycles. The van der Waals surface area contributed by atoms with Crippen LogP contribution < -0.4 is 15.5 Å². The molecule has 132 valence electrons. The van der Waals surface area contributed by atoms with Gasteiger partial charge in [-0.2, -0.15) is 5.10 Å². The molecule has 5 nitrogen and oxygen atoms in total. The lowest BCUT2D eigenvalue weighted by molar-refractivity contribution is 0.246. The molecule has 3 N–H and O–H groups in total. The standard InChI is InChI=1S/C19H23N3O2S/c1-24-17-7-2-4-11(18(17)23)10-20-22-19(25)21-16-9-12-8-15(16)14-6-3-5-13(12)14/h2-4,6-7,10,12-16,23H,5,8-9H2,1H3,(H2,21,22,25)/b20-10+/t12-,13-,14+,15-,16+/m1/s1. The number of rotatable bonds is 4. The summed E-state index contributed by atoms with van der Waals surface area (Å²) in [5.41, 5.74) is 3.44. The molecule has 5 atom stereocenters. The first-order valence-corrected chi connectivity index (χ1v) is 9.20. The lowest BCUT2D eigenvalue weighted by Crippen LogP contribution is -2.45. The number of para-hydroxylation sites is 1. The molecule has 3 aliphatic carbocycles. The van der Waals surface area contributed by atoms with Crippen LogP contribution in [-0.2, 0) is 0 Å². The Morgan fingerprint density at radius 2 is 2.24 bits per heavy atom. The van der Waals surface area contributed by atoms with Crippen LogP contribution in [0.1, 0.15) is 24.8 Å². The van der Waals surface area contributed by atoms with Gasteiger partial charge in [-0.3, -0.25) is 5.43 Å². The van der Waals surface area contributed by atoms with E-state index in [-0.39, 0.29) is 5.75 Å². The molecule has 0 spiro atoms. The summed E-state index contributed by atoms with van der Waals surface area (Å²) >= 11 is 5.38. The van der Waals surface area contributed by atoms with Gasteiger partial charge in [-0.15, -0.1) is 0 Å². The van der Waals surface area contributed by atoms with Crippen molar-refractivity contribution in [3.05, 3.63) is 35.9 Å². The van der Waals surface area contributed by atoms with E-state index in [0.29, 0.717) is 28.4 Å². The van der Waals surface area contributed by atoms with Crippen LogP contribution in [0, 0.1) is 23.7 Å². The molecule has 3 aliphatic rings. The first kappa shape index (κ1) is 16.4. The Morgan fingerprint density at radius 3 is 3.08 bits per heavy atom. The highest BCUT2D eigenvalue weighted by atomic mass is 32.1. The summed E-state index contributed by atoms with van der Waals surface area (Å²) in [4.78, 5) is 0. The minimum Gasteiger partial charge on any atom is -0.504 e. The molecule has 0 aliphatic heterocycles. The summed E-state index contributed by atoms with van der Waals surface area (Å²) in [6.45, 7) is 0. The van der Waals surface area contributed by atoms with Gasteiger partial charge >= 0.3 is 0 Å². The molecule has 0 unspecified atom stereocenters. The first-order valence-electron chi connectivity index (χ1n) is 8.79. The number of hydrogen-bond acceptors (Lipinski definition) is 4. The number of phenols is 1. The van der Waals surface area contributed by atoms with Gasteiger partial charge in [0.1, 0.15) is 0 Å². The van der Waals surface area contributed by atoms with Crippen LogP contribution in [0.3, 0.4) is 0 Å². The zero-order chi connectivity index (χ0) is 17.4. The third kappa shape index (κ3) is 2.99. The van der Waals surface area contributed by atoms with Gasteiger partial charge in [0.2, 0.25) is 0 Å². The van der Waals surface area contributed by atoms with Gasteiger partial charge in [0.25, 0.3) is 0 Å². The second kappa shape index (κ2) is 6.67. The molecular formula is C19H23N3O2S. The topological polar surface area (TPSA) is 65.9 Å². The minimum absolute atomic E-state index is 0.0709. The summed E-state index contributed by atoms with van der Waals surface area (Å²) < 4.78 is 5.09. The van der Waals surface area contributed by atoms with Crippen molar-refractivity contribution in [2.24, 2.45) is 28.8 Å². The summed E-state index contributed by atoms with van der Waals surface area (Å²) in [6.07, 6.45) is 10.1. The number of nitrogens with zero attached hydrogens (tertiary/aromatic N) is 1. The van der Waals surface area contributed by atoms with Crippen molar-refractivity contribution in [1.82, 2.24) is 10.7 Å². The molecule has 2 saturated carbocycles. The van der Waals surface area contributed by atoms with Crippen molar-refractivity contribution in [2.45, 2.75) is 25.3 Å². The fourth-order valence-corrected chi connectivity index (χ4v) is 5.08. The Kier molecular flexibility index (Phi) is 4.37. The number of hydrogen-bond donors (Lipinski definition) is 3. The Bertz CT molecular complexity index is 733. The maximum absolute atomic E-state index is 10.0. The normalized spacial score (nSPS) is 32.1. The van der Waals surface area contributed by atoms with Gasteiger partial charge in [-0.05, 0) is 67.3 Å². The number of aromatic hydroxyl groups is 1. The molecule has 25 heavy (non-hydrogen) atoms. The first-order chi connectivity index (χ1) is 12.2. The predicted molar refractivity (Wildman–Crippen MR) is 102 cm³/mol. The van der Waals surface area contributed by atoms with Crippen LogP contribution in [-0.4, -0.2) is 29.6 Å². The lowest BCUT2D eigenvalue weighted by atomic mass is 9.79. The number of benzene rings is 1. The molecule has 6 heteroatoms. The maximum atomic E-state index is 10.0. The molecule has 4 rings (SSSR count). The molecule has 0 amide bonds. The number of nitrogens with one attached hydrogen (secondary N) is 2. The van der Waals surface area contributed by atoms with Crippen LogP contribution >= 0.6 is 12.2 Å². The van der Waals surface area contributed by atoms with Crippen molar-refractivity contribution >= 4 is 23.5 Å². The summed E-state index contributed by atoms with van der Waals surface area (Å²) in [5.74, 6) is 3.63. The highest BCUT2D eigenvalue weighted by molar-refractivity contribution is 7.80. The zero-order valence-electron chi connectivity index (χ0n) is 14.2. The highest BCUT2D eigenvalue weighted by Gasteiger charge is 2.52. The number of hydrazone groups is 1. The van der Waals surface area contributed by atoms with Gasteiger partial charge in [-0.1, -0.05) is 18.2 Å². The molecular weight excluding hydrogens is 334 g/mol. The lowest BCUT2D eigenvalue weighted by Gasteiger charge is -2.32. The van der Waals surface area contributed by atoms with Gasteiger partial charge in [0.05, 0.1) is 13.3 Å². The molecule has 0 saturated heterocycles. The van der Waals surface area contributed by atoms with Crippen molar-refractivity contribution in [3.8, 4) is 11.5 Å². The number of phenolic OH excluding ortho intramolecular Hbond substituents is 1. The number of methoxy groups -OCH3 is 1. The summed E-state index contributed by atoms with van der Waals surface area (Å²) in [7, 11) is 1.52. The third-order valence-corrected chi connectivity index (χ3v) is 6.15. The number of thiocarbonyl (C=S) groups is 1. The van der Waals surface area contributed by atoms with Crippen molar-refractivity contribution in [2.75, 3.05) is 7.11 Å². The Balaban J connectivity index is 1.32. The van der Waals surface area contributed by atoms with Gasteiger partial charge < -0.3 is 15.2 Å². The Labute approximate surface area is 153 Å². The number of allylic oxidation sites excluding steroid dienone is 2. The van der Waals surface area contributed by atoms with E-state index in [4.69, 9.17) is 17.0 Å². The third-order valence-electron chi connectivity index (χ3n) is 5.95. The largest absolute Gasteiger partial charge is 0.504 e. The van der Waals surface area contributed by atoms with Crippen LogP contribution in [0.5, 0.6) is 11.5 Å². The van der Waals surface area contributed by atoms with E-state index in [0.717, 1.165) is 17.8 Å². The SMILES string of the molecule is COc1cccc(/C=N/NC(=S)N[C@H]2C[C@H]3C[C@@H]2[C@H]2C=CC[C@H]32)c1O. The van der Waals surface area contributed by atoms with Crippen molar-refractivity contribution in [3.63, 3.8) is 0 Å². The van der Waals surface area contributed by atoms with Crippen LogP contribution in [0.15, 0.2) is 35.5 Å². The van der Waals surface area contributed by atoms with Crippen molar-refractivity contribution in [1.29, 1.82) is 0 Å². The van der Waals surface area contributed by atoms with E-state index in [9.17, 15) is 5.11 Å². The smallest absolute Gasteiger partial charge is 0.187 e. The van der Waals surface area contributed by atoms with Gasteiger partial charge in [0.15, 0.2) is 16.6 Å². The molecule has 2 fully saturated rings. The molecule has 2 bridgehead atoms. The fraction of sp³-hybridized carbons (Fsp3) is 0.474. The van der Waals surface area contributed by atoms with Gasteiger partial charge in [-0.25, -0.2) is 0 Å². The van der Waals surface area contributed by atoms with Crippen LogP contribution in [0.2, 0.25) is 0 Å². The predicted octanol–water partition coefficient (Wildman–Crippen LogP) is 2.80. The average molecular weight is 357 g/mol. The average Bonchev–Trinajstić information content (AvgIpc) is 3.29. The van der Waals surface area contributed by atoms with E-state index in [1.165, 1.54) is 26.4 Å². The maximum Gasteiger partial charge on any atom is 0.187 e. The number of ether oxygens (including phenoxy) is 1. The quantitative estimate of drug-likeness (QED) is 0.335. The van der Waals surface area contributed by atoms with E-state index in [1.807, 2.05) is 0 Å². The zero-order valence-corrected chi connectivity index (χ0v) is 15.0. The van der Waals surface area contributed by atoms with E-state index >= 15 is 0 Å². The summed E-state index contributed by atoms with van der Waals surface area (Å²) in [5, 5.41) is 18.2. The Morgan fingerprint density at radius 1 is 1.36 bits per heavy atom. The Hall–Kier alpha value is -2.08. The monoisotopic (exact) mass is 357 g/mol. The van der Waals surface area contributed by atoms with E-state index in [1.54, 1.807) is 24.4 Å². The molecule has 0 radical (unpaired) electrons. The second-order valence-electron chi connectivity index (χ2n) is 7.15. The fourth-order valence-electron chi connectivity index (χ4n) is 4.88. The van der Waals surface area contributed by atoms with E-state index < -0.39 is 0 Å². The summed E-state index contributed by atoms with van der Waals surface area (Å²) in [6, 6.07) is 5.71. The highest BCUT2D eigenvalue weighted by Crippen LogP contribution is 2.56. The van der Waals surface area contributed by atoms with E-state index in [2.05, 4.69) is 28.0 Å². The molecule has 0 heterocycles. The second-order valence-corrected chi connectivity index (χ2v) is 7.56. The molecule has 0 aromatic heterocycles. The molecule has 1 aromatic rings.